The highest BCUT2D eigenvalue weighted by Crippen LogP contribution is 2.34. The molecule has 1 unspecified atom stereocenters. The summed E-state index contributed by atoms with van der Waals surface area (Å²) in [7, 11) is 0. The Balaban J connectivity index is 1.96. The van der Waals surface area contributed by atoms with Crippen molar-refractivity contribution in [3.05, 3.63) is 35.4 Å². The first-order chi connectivity index (χ1) is 11.2. The van der Waals surface area contributed by atoms with E-state index in [1.54, 1.807) is 0 Å². The van der Waals surface area contributed by atoms with Crippen molar-refractivity contribution in [2.75, 3.05) is 19.8 Å². The number of carbonyl (C=O) groups excluding carboxylic acids is 2. The highest BCUT2D eigenvalue weighted by Gasteiger charge is 2.34. The molecule has 0 amide bonds. The van der Waals surface area contributed by atoms with E-state index >= 15 is 0 Å². The van der Waals surface area contributed by atoms with Gasteiger partial charge in [-0.25, -0.2) is 0 Å². The third kappa shape index (κ3) is 4.47. The van der Waals surface area contributed by atoms with Gasteiger partial charge in [-0.05, 0) is 44.4 Å². The summed E-state index contributed by atoms with van der Waals surface area (Å²) in [6, 6.07) is 7.38. The quantitative estimate of drug-likeness (QED) is 0.377. The Bertz CT molecular complexity index is 526. The van der Waals surface area contributed by atoms with Crippen LogP contribution in [0.3, 0.4) is 0 Å². The minimum Gasteiger partial charge on any atom is -0.353 e. The molecule has 1 aliphatic heterocycles. The number of ketones is 1. The molecule has 0 saturated carbocycles. The molecule has 0 radical (unpaired) electrons. The topological polar surface area (TPSA) is 55.8 Å². The number of hydrogen-bond donors (Lipinski definition) is 0. The van der Waals surface area contributed by atoms with Crippen molar-refractivity contribution < 1.29 is 19.1 Å². The van der Waals surface area contributed by atoms with Gasteiger partial charge in [0, 0.05) is 19.8 Å². The number of aldehydes is 1. The van der Waals surface area contributed by atoms with Crippen molar-refractivity contribution >= 4 is 12.1 Å². The molecule has 1 aromatic carbocycles. The van der Waals surface area contributed by atoms with Crippen LogP contribution in [0.5, 0.6) is 0 Å². The molecule has 0 bridgehead atoms. The summed E-state index contributed by atoms with van der Waals surface area (Å²) in [4.78, 5) is 25.1. The molecule has 0 aliphatic carbocycles. The van der Waals surface area contributed by atoms with Gasteiger partial charge in [0.05, 0.1) is 0 Å². The van der Waals surface area contributed by atoms with E-state index in [-0.39, 0.29) is 12.1 Å². The average molecular weight is 319 g/mol. The average Bonchev–Trinajstić information content (AvgIpc) is 2.92. The second kappa shape index (κ2) is 8.91. The van der Waals surface area contributed by atoms with Crippen LogP contribution in [-0.4, -0.2) is 43.0 Å². The number of carbonyl (C=O) groups is 2. The van der Waals surface area contributed by atoms with Crippen molar-refractivity contribution in [3.8, 4) is 0 Å². The third-order valence-corrected chi connectivity index (χ3v) is 4.06. The Morgan fingerprint density at radius 2 is 2.00 bits per heavy atom. The van der Waals surface area contributed by atoms with Crippen LogP contribution in [0.25, 0.3) is 0 Å². The number of fused-ring (bicyclic) bond motifs is 1. The highest BCUT2D eigenvalue weighted by atomic mass is 16.7. The van der Waals surface area contributed by atoms with Crippen LogP contribution in [0.1, 0.15) is 43.9 Å². The van der Waals surface area contributed by atoms with Crippen LogP contribution >= 0.6 is 0 Å². The summed E-state index contributed by atoms with van der Waals surface area (Å²) in [6.07, 6.45) is 1.86. The van der Waals surface area contributed by atoms with Crippen molar-refractivity contribution in [2.24, 2.45) is 0 Å². The van der Waals surface area contributed by atoms with Gasteiger partial charge in [0.1, 0.15) is 6.04 Å². The molecule has 5 nitrogen and oxygen atoms in total. The lowest BCUT2D eigenvalue weighted by Gasteiger charge is -2.23. The molecule has 1 heterocycles. The molecule has 0 aromatic heterocycles. The number of benzene rings is 1. The van der Waals surface area contributed by atoms with Crippen LogP contribution in [0.4, 0.5) is 0 Å². The van der Waals surface area contributed by atoms with Gasteiger partial charge in [0.15, 0.2) is 12.6 Å². The van der Waals surface area contributed by atoms with E-state index in [1.807, 2.05) is 38.1 Å². The molecule has 1 aliphatic rings. The second-order valence-electron chi connectivity index (χ2n) is 5.57. The van der Waals surface area contributed by atoms with Gasteiger partial charge in [0.25, 0.3) is 0 Å². The first kappa shape index (κ1) is 17.8. The summed E-state index contributed by atoms with van der Waals surface area (Å²) >= 11 is 0. The lowest BCUT2D eigenvalue weighted by atomic mass is 10.0. The molecule has 1 atom stereocenters. The SMILES string of the molecule is CCOC(CCCN1Cc2ccccc2C1C(=O)C=O)OCC. The first-order valence-corrected chi connectivity index (χ1v) is 8.25. The van der Waals surface area contributed by atoms with Gasteiger partial charge in [-0.3, -0.25) is 14.5 Å². The van der Waals surface area contributed by atoms with Crippen LogP contribution in [-0.2, 0) is 25.6 Å². The van der Waals surface area contributed by atoms with Gasteiger partial charge in [-0.2, -0.15) is 0 Å². The van der Waals surface area contributed by atoms with Crippen molar-refractivity contribution in [2.45, 2.75) is 45.6 Å². The van der Waals surface area contributed by atoms with Gasteiger partial charge in [-0.1, -0.05) is 24.3 Å². The molecule has 1 aromatic rings. The zero-order valence-electron chi connectivity index (χ0n) is 13.9. The van der Waals surface area contributed by atoms with Gasteiger partial charge >= 0.3 is 0 Å². The Hall–Kier alpha value is -1.56. The largest absolute Gasteiger partial charge is 0.353 e. The molecule has 23 heavy (non-hydrogen) atoms. The summed E-state index contributed by atoms with van der Waals surface area (Å²) in [5.74, 6) is -0.374. The van der Waals surface area contributed by atoms with Gasteiger partial charge in [0.2, 0.25) is 5.78 Å². The van der Waals surface area contributed by atoms with E-state index in [2.05, 4.69) is 4.90 Å². The first-order valence-electron chi connectivity index (χ1n) is 8.25. The van der Waals surface area contributed by atoms with E-state index in [0.29, 0.717) is 26.0 Å². The van der Waals surface area contributed by atoms with E-state index in [1.165, 1.54) is 0 Å². The molecular weight excluding hydrogens is 294 g/mol. The fourth-order valence-corrected chi connectivity index (χ4v) is 3.11. The Morgan fingerprint density at radius 1 is 1.30 bits per heavy atom. The maximum atomic E-state index is 12.0. The fraction of sp³-hybridized carbons (Fsp3) is 0.556. The number of rotatable bonds is 10. The summed E-state index contributed by atoms with van der Waals surface area (Å²) in [6.45, 7) is 6.56. The molecule has 5 heteroatoms. The monoisotopic (exact) mass is 319 g/mol. The summed E-state index contributed by atoms with van der Waals surface area (Å²) in [5, 5.41) is 0. The lowest BCUT2D eigenvalue weighted by molar-refractivity contribution is -0.141. The van der Waals surface area contributed by atoms with Crippen molar-refractivity contribution in [1.82, 2.24) is 4.90 Å². The zero-order valence-corrected chi connectivity index (χ0v) is 13.9. The van der Waals surface area contributed by atoms with E-state index in [0.717, 1.165) is 30.5 Å². The molecular formula is C18H25NO4. The van der Waals surface area contributed by atoms with Crippen molar-refractivity contribution in [1.29, 1.82) is 0 Å². The smallest absolute Gasteiger partial charge is 0.216 e. The number of nitrogens with zero attached hydrogens (tertiary/aromatic N) is 1. The van der Waals surface area contributed by atoms with Gasteiger partial charge < -0.3 is 9.47 Å². The maximum absolute atomic E-state index is 12.0. The standard InChI is InChI=1S/C18H25NO4/c1-3-22-17(23-4-2)10-7-11-19-12-14-8-5-6-9-15(14)18(19)16(21)13-20/h5-6,8-9,13,17-18H,3-4,7,10-12H2,1-2H3. The number of hydrogen-bond acceptors (Lipinski definition) is 5. The number of Topliss-reactive ketones (excluding diaryl/α,β-unsaturated/α-hetero) is 1. The molecule has 0 fully saturated rings. The Kier molecular flexibility index (Phi) is 6.89. The third-order valence-electron chi connectivity index (χ3n) is 4.06. The van der Waals surface area contributed by atoms with Crippen LogP contribution in [0, 0.1) is 0 Å². The Labute approximate surface area is 137 Å². The maximum Gasteiger partial charge on any atom is 0.216 e. The molecule has 0 spiro atoms. The fourth-order valence-electron chi connectivity index (χ4n) is 3.11. The molecule has 2 rings (SSSR count). The second-order valence-corrected chi connectivity index (χ2v) is 5.57. The van der Waals surface area contributed by atoms with Crippen LogP contribution in [0.2, 0.25) is 0 Å². The normalized spacial score (nSPS) is 17.4. The van der Waals surface area contributed by atoms with Crippen LogP contribution < -0.4 is 0 Å². The van der Waals surface area contributed by atoms with E-state index in [9.17, 15) is 9.59 Å². The summed E-state index contributed by atoms with van der Waals surface area (Å²) in [5.41, 5.74) is 2.08. The predicted molar refractivity (Wildman–Crippen MR) is 86.9 cm³/mol. The zero-order chi connectivity index (χ0) is 16.7. The van der Waals surface area contributed by atoms with Crippen molar-refractivity contribution in [3.63, 3.8) is 0 Å². The molecule has 0 N–H and O–H groups in total. The highest BCUT2D eigenvalue weighted by molar-refractivity contribution is 6.27. The minimum atomic E-state index is -0.443. The van der Waals surface area contributed by atoms with E-state index < -0.39 is 6.04 Å². The van der Waals surface area contributed by atoms with E-state index in [4.69, 9.17) is 9.47 Å². The Morgan fingerprint density at radius 3 is 2.65 bits per heavy atom. The molecule has 126 valence electrons. The van der Waals surface area contributed by atoms with Crippen LogP contribution in [0.15, 0.2) is 24.3 Å². The molecule has 0 saturated heterocycles. The predicted octanol–water partition coefficient (Wildman–Crippen LogP) is 2.49. The summed E-state index contributed by atoms with van der Waals surface area (Å²) < 4.78 is 11.1. The minimum absolute atomic E-state index is 0.199. The lowest BCUT2D eigenvalue weighted by Crippen LogP contribution is -2.30. The number of ether oxygens (including phenoxy) is 2. The van der Waals surface area contributed by atoms with Gasteiger partial charge in [-0.15, -0.1) is 0 Å².